The molecule has 0 radical (unpaired) electrons. The van der Waals surface area contributed by atoms with Crippen LogP contribution in [-0.2, 0) is 35.8 Å². The van der Waals surface area contributed by atoms with Gasteiger partial charge < -0.3 is 49.7 Å². The number of nitrogens with zero attached hydrogens (tertiary/aromatic N) is 4. The van der Waals surface area contributed by atoms with Crippen LogP contribution in [0.2, 0.25) is 0 Å². The number of carbonyl (C=O) groups excluding carboxylic acids is 4. The molecule has 4 heterocycles. The molecule has 3 fully saturated rings. The highest BCUT2D eigenvalue weighted by Crippen LogP contribution is 2.55. The van der Waals surface area contributed by atoms with Crippen LogP contribution in [0.1, 0.15) is 115 Å². The van der Waals surface area contributed by atoms with Crippen molar-refractivity contribution < 1.29 is 29.0 Å². The third-order valence-electron chi connectivity index (χ3n) is 12.8. The van der Waals surface area contributed by atoms with Crippen LogP contribution in [0.25, 0.3) is 44.5 Å². The number of aliphatic hydroxyl groups is 1. The molecule has 2 aliphatic carbocycles. The summed E-state index contributed by atoms with van der Waals surface area (Å²) < 4.78 is 3.86. The fourth-order valence-electron chi connectivity index (χ4n) is 9.44. The van der Waals surface area contributed by atoms with E-state index in [9.17, 15) is 9.59 Å². The number of hydrogen-bond acceptors (Lipinski definition) is 12. The molecule has 380 valence electrons. The maximum Gasteiger partial charge on any atom is 0.292 e. The van der Waals surface area contributed by atoms with Crippen LogP contribution in [0, 0.1) is 5.92 Å². The molecule has 2 saturated heterocycles. The smallest absolute Gasteiger partial charge is 0.292 e. The van der Waals surface area contributed by atoms with Gasteiger partial charge in [0, 0.05) is 7.11 Å². The van der Waals surface area contributed by atoms with Crippen LogP contribution in [-0.4, -0.2) is 135 Å². The van der Waals surface area contributed by atoms with E-state index in [1.807, 2.05) is 26.8 Å². The Kier molecular flexibility index (Phi) is 28.8. The summed E-state index contributed by atoms with van der Waals surface area (Å²) in [6.45, 7) is 14.9. The molecular formula is C55H84N8O6. The van der Waals surface area contributed by atoms with Crippen LogP contribution < -0.4 is 10.6 Å². The number of ether oxygens (including phenoxy) is 1. The van der Waals surface area contributed by atoms with Gasteiger partial charge in [0.2, 0.25) is 0 Å². The van der Waals surface area contributed by atoms with Gasteiger partial charge in [-0.05, 0) is 162 Å². The highest BCUT2D eigenvalue weighted by molar-refractivity contribution is 5.86. The lowest BCUT2D eigenvalue weighted by Gasteiger charge is -2.28. The molecule has 2 unspecified atom stereocenters. The number of carbonyl (C=O) groups is 4. The number of likely N-dealkylation sites (tertiary alicyclic amines) is 2. The van der Waals surface area contributed by atoms with E-state index in [1.165, 1.54) is 119 Å². The summed E-state index contributed by atoms with van der Waals surface area (Å²) in [6, 6.07) is 21.1. The number of aldehydes is 2. The Morgan fingerprint density at radius 2 is 1.48 bits per heavy atom. The Labute approximate surface area is 412 Å². The van der Waals surface area contributed by atoms with Gasteiger partial charge in [-0.1, -0.05) is 89.4 Å². The van der Waals surface area contributed by atoms with Crippen LogP contribution in [0.3, 0.4) is 0 Å². The van der Waals surface area contributed by atoms with Crippen molar-refractivity contribution in [1.82, 2.24) is 40.4 Å². The number of H-pyrrole nitrogens is 2. The summed E-state index contributed by atoms with van der Waals surface area (Å²) in [5.74, 6) is 1.52. The van der Waals surface area contributed by atoms with Gasteiger partial charge in [-0.25, -0.2) is 9.97 Å². The van der Waals surface area contributed by atoms with E-state index < -0.39 is 0 Å². The fraction of sp³-hybridized carbons (Fsp3) is 0.527. The summed E-state index contributed by atoms with van der Waals surface area (Å²) in [5, 5.41) is 12.5. The molecule has 14 nitrogen and oxygen atoms in total. The quantitative estimate of drug-likeness (QED) is 0.0839. The Balaban J connectivity index is 0.000000446. The predicted octanol–water partition coefficient (Wildman–Crippen LogP) is 8.99. The van der Waals surface area contributed by atoms with Crippen LogP contribution >= 0.6 is 0 Å². The van der Waals surface area contributed by atoms with Gasteiger partial charge in [-0.15, -0.1) is 0 Å². The molecule has 2 aliphatic heterocycles. The van der Waals surface area contributed by atoms with Gasteiger partial charge >= 0.3 is 0 Å². The molecule has 9 rings (SSSR count). The number of aromatic nitrogens is 4. The van der Waals surface area contributed by atoms with Crippen molar-refractivity contribution in [3.05, 3.63) is 84.1 Å². The summed E-state index contributed by atoms with van der Waals surface area (Å²) >= 11 is 0. The fourth-order valence-corrected chi connectivity index (χ4v) is 9.44. The maximum absolute atomic E-state index is 10.1. The van der Waals surface area contributed by atoms with Gasteiger partial charge in [-0.3, -0.25) is 9.69 Å². The molecule has 5 N–H and O–H groups in total. The lowest BCUT2D eigenvalue weighted by Crippen LogP contribution is -2.31. The van der Waals surface area contributed by atoms with Crippen molar-refractivity contribution in [2.24, 2.45) is 5.92 Å². The first-order valence-corrected chi connectivity index (χ1v) is 24.6. The number of methoxy groups -OCH3 is 1. The molecule has 4 aliphatic rings. The molecular weight excluding hydrogens is 869 g/mol. The molecule has 1 saturated carbocycles. The van der Waals surface area contributed by atoms with Crippen LogP contribution in [0.5, 0.6) is 0 Å². The van der Waals surface area contributed by atoms with Crippen molar-refractivity contribution in [2.75, 3.05) is 68.6 Å². The first kappa shape index (κ1) is 59.7. The van der Waals surface area contributed by atoms with E-state index >= 15 is 0 Å². The first-order chi connectivity index (χ1) is 33.5. The minimum Gasteiger partial charge on any atom is -0.471 e. The molecule has 2 aromatic heterocycles. The number of benzene rings is 3. The lowest BCUT2D eigenvalue weighted by molar-refractivity contribution is -0.126. The van der Waals surface area contributed by atoms with Gasteiger partial charge in [0.1, 0.15) is 25.2 Å². The minimum absolute atomic E-state index is 0.0231. The summed E-state index contributed by atoms with van der Waals surface area (Å²) in [5.41, 5.74) is 13.5. The topological polar surface area (TPSA) is 186 Å². The number of fused-ring (bicyclic) bond motifs is 3. The molecule has 5 aromatic rings. The number of hydrogen-bond donors (Lipinski definition) is 5. The molecule has 0 bridgehead atoms. The average molecular weight is 953 g/mol. The maximum atomic E-state index is 10.1. The average Bonchev–Trinajstić information content (AvgIpc) is 4.26. The summed E-state index contributed by atoms with van der Waals surface area (Å²) in [6.07, 6.45) is 19.7. The molecule has 14 heteroatoms. The highest BCUT2D eigenvalue weighted by Gasteiger charge is 2.43. The number of aromatic amines is 2. The molecule has 0 amide bonds. The van der Waals surface area contributed by atoms with E-state index in [-0.39, 0.29) is 6.04 Å². The molecule has 3 aromatic carbocycles. The first-order valence-electron chi connectivity index (χ1n) is 24.6. The number of nitrogens with one attached hydrogen (secondary N) is 4. The van der Waals surface area contributed by atoms with E-state index in [0.29, 0.717) is 30.4 Å². The van der Waals surface area contributed by atoms with E-state index in [4.69, 9.17) is 19.7 Å². The second-order valence-corrected chi connectivity index (χ2v) is 18.0. The van der Waals surface area contributed by atoms with Crippen molar-refractivity contribution in [3.63, 3.8) is 0 Å². The van der Waals surface area contributed by atoms with Gasteiger partial charge in [-0.2, -0.15) is 0 Å². The van der Waals surface area contributed by atoms with Crippen molar-refractivity contribution in [3.8, 4) is 33.5 Å². The zero-order valence-electron chi connectivity index (χ0n) is 43.4. The molecule has 69 heavy (non-hydrogen) atoms. The van der Waals surface area contributed by atoms with E-state index in [0.717, 1.165) is 48.8 Å². The monoisotopic (exact) mass is 953 g/mol. The SMILES string of the molecule is C=O.CCC.CN1CCCC1.CN1CCCC1c1nc2ccc(-c3ccc(-c4ccc(-c5cnc[nH]5)cc4)c4c3C3(CCCC3)CC4)cc2[nH]1.CNC(C=O)C(C)C.CNCC=O.CO.COC=O. The third-order valence-corrected chi connectivity index (χ3v) is 12.8. The van der Waals surface area contributed by atoms with Crippen LogP contribution in [0.4, 0.5) is 0 Å². The number of rotatable bonds is 10. The largest absolute Gasteiger partial charge is 0.471 e. The predicted molar refractivity (Wildman–Crippen MR) is 282 cm³/mol. The molecule has 2 atom stereocenters. The summed E-state index contributed by atoms with van der Waals surface area (Å²) in [4.78, 5) is 57.3. The zero-order valence-corrected chi connectivity index (χ0v) is 43.4. The Bertz CT molecular complexity index is 2160. The van der Waals surface area contributed by atoms with Crippen LogP contribution in [0.15, 0.2) is 67.1 Å². The van der Waals surface area contributed by atoms with Gasteiger partial charge in [0.15, 0.2) is 0 Å². The standard InChI is InChI=1S/C34H35N5.C6H13NO.C5H11N.C3H7NO.C3H8.C2H4O2.CH4O.CH2O/c1-39-18-4-5-31(39)33-37-28-13-10-24(19-29(28)38-33)26-12-11-25(27-14-17-34(32(26)27)15-2-3-16-34)22-6-8-23(9-7-22)30-20-35-21-36-30;1-5(2)6(4-8)7-3;1-6-4-2-3-5-6;1-4-2-3-5;1-3-2;1-4-2-3;2*1-2/h6-13,19-21,31H,2-5,14-18H2,1H3,(H,35,36)(H,37,38);4-7H,1-3H3;2-5H2,1H3;3-4H,2H2,1H3;3H2,1-2H3;2H,1H3;2H,1H3;1H2. The second-order valence-electron chi connectivity index (χ2n) is 18.0. The van der Waals surface area contributed by atoms with E-state index in [2.05, 4.69) is 123 Å². The third kappa shape index (κ3) is 17.5. The Morgan fingerprint density at radius 1 is 0.870 bits per heavy atom. The number of imidazole rings is 2. The number of likely N-dealkylation sites (N-methyl/N-ethyl adjacent to an activating group) is 2. The normalized spacial score (nSPS) is 16.6. The van der Waals surface area contributed by atoms with Gasteiger partial charge in [0.25, 0.3) is 6.47 Å². The Hall–Kier alpha value is -5.38. The van der Waals surface area contributed by atoms with Crippen molar-refractivity contribution >= 4 is 36.9 Å². The highest BCUT2D eigenvalue weighted by atomic mass is 16.5. The minimum atomic E-state index is 0.0231. The summed E-state index contributed by atoms with van der Waals surface area (Å²) in [7, 11) is 10.2. The van der Waals surface area contributed by atoms with Gasteiger partial charge in [0.05, 0.1) is 55.0 Å². The Morgan fingerprint density at radius 3 is 1.93 bits per heavy atom. The van der Waals surface area contributed by atoms with Crippen molar-refractivity contribution in [1.29, 1.82) is 0 Å². The zero-order chi connectivity index (χ0) is 51.2. The molecule has 1 spiro atoms. The van der Waals surface area contributed by atoms with E-state index in [1.54, 1.807) is 31.5 Å². The number of aliphatic hydroxyl groups excluding tert-OH is 1. The second kappa shape index (κ2) is 33.2. The van der Waals surface area contributed by atoms with Crippen molar-refractivity contribution in [2.45, 2.75) is 116 Å². The lowest BCUT2D eigenvalue weighted by atomic mass is 9.76.